The van der Waals surface area contributed by atoms with E-state index in [0.717, 1.165) is 6.42 Å². The Morgan fingerprint density at radius 2 is 2.00 bits per heavy atom. The Balaban J connectivity index is 2.42. The zero-order valence-electron chi connectivity index (χ0n) is 13.5. The van der Waals surface area contributed by atoms with E-state index in [1.54, 1.807) is 7.05 Å². The molecule has 1 aliphatic rings. The van der Waals surface area contributed by atoms with Crippen LogP contribution in [0.25, 0.3) is 0 Å². The Morgan fingerprint density at radius 1 is 1.30 bits per heavy atom. The van der Waals surface area contributed by atoms with Crippen LogP contribution in [0.3, 0.4) is 0 Å². The fourth-order valence-electron chi connectivity index (χ4n) is 2.89. The minimum Gasteiger partial charge on any atom is -0.465 e. The molecule has 1 aliphatic carbocycles. The van der Waals surface area contributed by atoms with Crippen LogP contribution < -0.4 is 5.32 Å². The Hall–Kier alpha value is -0.610. The summed E-state index contributed by atoms with van der Waals surface area (Å²) in [5.41, 5.74) is -0.646. The summed E-state index contributed by atoms with van der Waals surface area (Å²) in [6.07, 6.45) is 7.24. The number of rotatable bonds is 8. The number of esters is 1. The summed E-state index contributed by atoms with van der Waals surface area (Å²) < 4.78 is 11.2. The van der Waals surface area contributed by atoms with Gasteiger partial charge in [-0.1, -0.05) is 26.2 Å². The Morgan fingerprint density at radius 3 is 2.60 bits per heavy atom. The van der Waals surface area contributed by atoms with Gasteiger partial charge in [0.15, 0.2) is 0 Å². The molecule has 20 heavy (non-hydrogen) atoms. The first-order chi connectivity index (χ1) is 9.57. The van der Waals surface area contributed by atoms with Crippen LogP contribution in [0.1, 0.15) is 59.3 Å². The molecule has 1 rings (SSSR count). The molecule has 0 radical (unpaired) electrons. The lowest BCUT2D eigenvalue weighted by atomic mass is 9.84. The van der Waals surface area contributed by atoms with Crippen LogP contribution in [-0.2, 0) is 14.3 Å². The fraction of sp³-hybridized carbons (Fsp3) is 0.938. The monoisotopic (exact) mass is 285 g/mol. The summed E-state index contributed by atoms with van der Waals surface area (Å²) in [5, 5.41) is 3.07. The van der Waals surface area contributed by atoms with Crippen LogP contribution in [0.2, 0.25) is 0 Å². The van der Waals surface area contributed by atoms with Gasteiger partial charge in [0.1, 0.15) is 5.54 Å². The molecule has 4 nitrogen and oxygen atoms in total. The number of hydrogen-bond acceptors (Lipinski definition) is 4. The number of nitrogens with one attached hydrogen (secondary N) is 1. The SMILES string of the molecule is CCOC(=O)C(C)(CCOC1CCCCC1CC)NC. The van der Waals surface area contributed by atoms with Crippen LogP contribution in [0.4, 0.5) is 0 Å². The highest BCUT2D eigenvalue weighted by Crippen LogP contribution is 2.29. The summed E-state index contributed by atoms with van der Waals surface area (Å²) in [5.74, 6) is 0.494. The lowest BCUT2D eigenvalue weighted by molar-refractivity contribution is -0.151. The lowest BCUT2D eigenvalue weighted by Crippen LogP contribution is -2.49. The summed E-state index contributed by atoms with van der Waals surface area (Å²) in [7, 11) is 1.80. The quantitative estimate of drug-likeness (QED) is 0.697. The number of hydrogen-bond donors (Lipinski definition) is 1. The Labute approximate surface area is 123 Å². The topological polar surface area (TPSA) is 47.6 Å². The van der Waals surface area contributed by atoms with E-state index in [1.807, 2.05) is 13.8 Å². The van der Waals surface area contributed by atoms with Gasteiger partial charge in [0.05, 0.1) is 12.7 Å². The first kappa shape index (κ1) is 17.4. The lowest BCUT2D eigenvalue weighted by Gasteiger charge is -2.32. The molecule has 0 spiro atoms. The van der Waals surface area contributed by atoms with Crippen LogP contribution in [0.5, 0.6) is 0 Å². The molecule has 4 heteroatoms. The average molecular weight is 285 g/mol. The van der Waals surface area contributed by atoms with Crippen molar-refractivity contribution in [2.24, 2.45) is 5.92 Å². The van der Waals surface area contributed by atoms with Gasteiger partial charge >= 0.3 is 5.97 Å². The maximum atomic E-state index is 12.0. The van der Waals surface area contributed by atoms with Crippen LogP contribution in [-0.4, -0.2) is 37.9 Å². The van der Waals surface area contributed by atoms with Crippen molar-refractivity contribution in [1.29, 1.82) is 0 Å². The van der Waals surface area contributed by atoms with Crippen molar-refractivity contribution in [2.75, 3.05) is 20.3 Å². The highest BCUT2D eigenvalue weighted by Gasteiger charge is 2.33. The van der Waals surface area contributed by atoms with Gasteiger partial charge in [-0.2, -0.15) is 0 Å². The van der Waals surface area contributed by atoms with Crippen molar-refractivity contribution in [3.63, 3.8) is 0 Å². The maximum Gasteiger partial charge on any atom is 0.326 e. The fourth-order valence-corrected chi connectivity index (χ4v) is 2.89. The molecule has 1 saturated carbocycles. The molecule has 0 aromatic carbocycles. The van der Waals surface area contributed by atoms with E-state index >= 15 is 0 Å². The highest BCUT2D eigenvalue weighted by atomic mass is 16.5. The number of carbonyl (C=O) groups is 1. The zero-order chi connectivity index (χ0) is 15.0. The maximum absolute atomic E-state index is 12.0. The first-order valence-electron chi connectivity index (χ1n) is 8.05. The Kier molecular flexibility index (Phi) is 7.52. The van der Waals surface area contributed by atoms with Crippen LogP contribution in [0.15, 0.2) is 0 Å². The first-order valence-corrected chi connectivity index (χ1v) is 8.05. The predicted octanol–water partition coefficient (Wildman–Crippen LogP) is 2.90. The van der Waals surface area contributed by atoms with Crippen molar-refractivity contribution in [3.05, 3.63) is 0 Å². The van der Waals surface area contributed by atoms with Gasteiger partial charge in [0.2, 0.25) is 0 Å². The van der Waals surface area contributed by atoms with Crippen molar-refractivity contribution in [2.45, 2.75) is 70.9 Å². The molecule has 3 unspecified atom stereocenters. The average Bonchev–Trinajstić information content (AvgIpc) is 2.47. The van der Waals surface area contributed by atoms with Gasteiger partial charge < -0.3 is 14.8 Å². The smallest absolute Gasteiger partial charge is 0.326 e. The molecule has 0 aromatic rings. The second-order valence-corrected chi connectivity index (χ2v) is 5.91. The molecule has 1 N–H and O–H groups in total. The molecular weight excluding hydrogens is 254 g/mol. The third kappa shape index (κ3) is 4.74. The number of likely N-dealkylation sites (N-methyl/N-ethyl adjacent to an activating group) is 1. The van der Waals surface area contributed by atoms with E-state index in [0.29, 0.717) is 31.7 Å². The van der Waals surface area contributed by atoms with Crippen molar-refractivity contribution in [1.82, 2.24) is 5.32 Å². The van der Waals surface area contributed by atoms with Gasteiger partial charge in [0, 0.05) is 6.61 Å². The summed E-state index contributed by atoms with van der Waals surface area (Å²) in [6.45, 7) is 6.97. The van der Waals surface area contributed by atoms with E-state index < -0.39 is 5.54 Å². The van der Waals surface area contributed by atoms with E-state index in [-0.39, 0.29) is 5.97 Å². The van der Waals surface area contributed by atoms with Crippen LogP contribution in [0, 0.1) is 5.92 Å². The number of carbonyl (C=O) groups excluding carboxylic acids is 1. The van der Waals surface area contributed by atoms with Crippen molar-refractivity contribution in [3.8, 4) is 0 Å². The Bertz CT molecular complexity index is 295. The third-order valence-electron chi connectivity index (χ3n) is 4.58. The van der Waals surface area contributed by atoms with Gasteiger partial charge in [0.25, 0.3) is 0 Å². The third-order valence-corrected chi connectivity index (χ3v) is 4.58. The highest BCUT2D eigenvalue weighted by molar-refractivity contribution is 5.80. The minimum atomic E-state index is -0.646. The van der Waals surface area contributed by atoms with Gasteiger partial charge in [-0.25, -0.2) is 0 Å². The standard InChI is InChI=1S/C16H31NO3/c1-5-13-9-7-8-10-14(13)20-12-11-16(3,17-4)15(18)19-6-2/h13-14,17H,5-12H2,1-4H3. The predicted molar refractivity (Wildman–Crippen MR) is 80.7 cm³/mol. The molecule has 0 heterocycles. The number of ether oxygens (including phenoxy) is 2. The van der Waals surface area contributed by atoms with E-state index in [9.17, 15) is 4.79 Å². The molecular formula is C16H31NO3. The van der Waals surface area contributed by atoms with Gasteiger partial charge in [-0.3, -0.25) is 4.79 Å². The summed E-state index contributed by atoms with van der Waals surface area (Å²) in [6, 6.07) is 0. The molecule has 3 atom stereocenters. The second kappa shape index (κ2) is 8.63. The van der Waals surface area contributed by atoms with E-state index in [1.165, 1.54) is 25.7 Å². The summed E-state index contributed by atoms with van der Waals surface area (Å²) in [4.78, 5) is 12.0. The van der Waals surface area contributed by atoms with Crippen molar-refractivity contribution >= 4 is 5.97 Å². The zero-order valence-corrected chi connectivity index (χ0v) is 13.5. The molecule has 0 amide bonds. The summed E-state index contributed by atoms with van der Waals surface area (Å²) >= 11 is 0. The minimum absolute atomic E-state index is 0.193. The van der Waals surface area contributed by atoms with Crippen LogP contribution >= 0.6 is 0 Å². The molecule has 0 saturated heterocycles. The molecule has 0 aromatic heterocycles. The molecule has 0 aliphatic heterocycles. The van der Waals surface area contributed by atoms with Gasteiger partial charge in [-0.15, -0.1) is 0 Å². The normalized spacial score (nSPS) is 26.0. The van der Waals surface area contributed by atoms with E-state index in [4.69, 9.17) is 9.47 Å². The largest absolute Gasteiger partial charge is 0.465 e. The van der Waals surface area contributed by atoms with Gasteiger partial charge in [-0.05, 0) is 46.1 Å². The second-order valence-electron chi connectivity index (χ2n) is 5.91. The molecule has 1 fully saturated rings. The van der Waals surface area contributed by atoms with E-state index in [2.05, 4.69) is 12.2 Å². The molecule has 118 valence electrons. The van der Waals surface area contributed by atoms with Crippen molar-refractivity contribution < 1.29 is 14.3 Å². The molecule has 0 bridgehead atoms.